The second kappa shape index (κ2) is 6.64. The van der Waals surface area contributed by atoms with Crippen LogP contribution in [0.2, 0.25) is 0 Å². The fourth-order valence-corrected chi connectivity index (χ4v) is 2.11. The van der Waals surface area contributed by atoms with E-state index in [-0.39, 0.29) is 17.5 Å². The summed E-state index contributed by atoms with van der Waals surface area (Å²) >= 11 is 1.75. The van der Waals surface area contributed by atoms with Crippen LogP contribution >= 0.6 is 11.8 Å². The Morgan fingerprint density at radius 1 is 1.53 bits per heavy atom. The fourth-order valence-electron chi connectivity index (χ4n) is 1.44. The number of carbonyl (C=O) groups excluding carboxylic acids is 1. The lowest BCUT2D eigenvalue weighted by Gasteiger charge is -2.13. The average molecular weight is 255 g/mol. The molecular formula is C13H18FNOS. The van der Waals surface area contributed by atoms with Gasteiger partial charge in [-0.05, 0) is 37.3 Å². The van der Waals surface area contributed by atoms with Crippen LogP contribution in [0.3, 0.4) is 0 Å². The number of nitrogens with one attached hydrogen (secondary N) is 1. The predicted molar refractivity (Wildman–Crippen MR) is 71.1 cm³/mol. The van der Waals surface area contributed by atoms with Crippen molar-refractivity contribution in [2.24, 2.45) is 0 Å². The number of thioether (sulfide) groups is 1. The summed E-state index contributed by atoms with van der Waals surface area (Å²) in [7, 11) is 0. The largest absolute Gasteiger partial charge is 0.349 e. The van der Waals surface area contributed by atoms with Crippen LogP contribution in [-0.2, 0) is 0 Å². The maximum absolute atomic E-state index is 13.5. The third kappa shape index (κ3) is 4.38. The van der Waals surface area contributed by atoms with Crippen LogP contribution < -0.4 is 5.32 Å². The summed E-state index contributed by atoms with van der Waals surface area (Å²) in [6.45, 7) is 5.79. The smallest absolute Gasteiger partial charge is 0.254 e. The number of benzene rings is 1. The minimum Gasteiger partial charge on any atom is -0.349 e. The molecule has 0 aliphatic rings. The van der Waals surface area contributed by atoms with Crippen molar-refractivity contribution in [1.82, 2.24) is 5.32 Å². The molecule has 1 N–H and O–H groups in total. The minimum atomic E-state index is -0.460. The maximum atomic E-state index is 13.5. The van der Waals surface area contributed by atoms with Gasteiger partial charge in [0.2, 0.25) is 0 Å². The van der Waals surface area contributed by atoms with Gasteiger partial charge in [-0.2, -0.15) is 11.8 Å². The number of aryl methyl sites for hydroxylation is 1. The van der Waals surface area contributed by atoms with E-state index in [9.17, 15) is 9.18 Å². The van der Waals surface area contributed by atoms with E-state index in [1.807, 2.05) is 6.92 Å². The van der Waals surface area contributed by atoms with E-state index in [0.29, 0.717) is 0 Å². The first kappa shape index (κ1) is 14.0. The van der Waals surface area contributed by atoms with Crippen molar-refractivity contribution in [3.63, 3.8) is 0 Å². The van der Waals surface area contributed by atoms with Crippen LogP contribution in [0.5, 0.6) is 0 Å². The lowest BCUT2D eigenvalue weighted by atomic mass is 10.1. The molecule has 1 atom stereocenters. The van der Waals surface area contributed by atoms with Gasteiger partial charge in [0, 0.05) is 11.8 Å². The topological polar surface area (TPSA) is 29.1 Å². The molecule has 0 radical (unpaired) electrons. The summed E-state index contributed by atoms with van der Waals surface area (Å²) in [6, 6.07) is 4.69. The van der Waals surface area contributed by atoms with Gasteiger partial charge in [0.1, 0.15) is 5.82 Å². The van der Waals surface area contributed by atoms with Crippen LogP contribution in [0, 0.1) is 12.7 Å². The monoisotopic (exact) mass is 255 g/mol. The molecule has 0 saturated carbocycles. The fraction of sp³-hybridized carbons (Fsp3) is 0.462. The van der Waals surface area contributed by atoms with Crippen LogP contribution in [0.1, 0.15) is 29.8 Å². The first-order chi connectivity index (χ1) is 8.04. The quantitative estimate of drug-likeness (QED) is 0.876. The van der Waals surface area contributed by atoms with Crippen molar-refractivity contribution in [3.8, 4) is 0 Å². The Kier molecular flexibility index (Phi) is 5.48. The molecule has 0 bridgehead atoms. The number of halogens is 1. The molecule has 1 unspecified atom stereocenters. The van der Waals surface area contributed by atoms with E-state index in [4.69, 9.17) is 0 Å². The summed E-state index contributed by atoms with van der Waals surface area (Å²) < 4.78 is 13.5. The Morgan fingerprint density at radius 3 is 2.82 bits per heavy atom. The van der Waals surface area contributed by atoms with Crippen molar-refractivity contribution >= 4 is 17.7 Å². The SMILES string of the molecule is CCSCC(C)NC(=O)c1ccc(C)cc1F. The third-order valence-corrected chi connectivity index (χ3v) is 3.46. The Hall–Kier alpha value is -1.03. The molecule has 0 aliphatic carbocycles. The summed E-state index contributed by atoms with van der Waals surface area (Å²) in [5.74, 6) is 1.05. The number of carbonyl (C=O) groups is 1. The Labute approximate surface area is 106 Å². The zero-order chi connectivity index (χ0) is 12.8. The van der Waals surface area contributed by atoms with Crippen molar-refractivity contribution < 1.29 is 9.18 Å². The normalized spacial score (nSPS) is 12.2. The van der Waals surface area contributed by atoms with E-state index < -0.39 is 5.82 Å². The molecular weight excluding hydrogens is 237 g/mol. The van der Waals surface area contributed by atoms with E-state index in [2.05, 4.69) is 12.2 Å². The molecule has 1 amide bonds. The van der Waals surface area contributed by atoms with Crippen molar-refractivity contribution in [2.45, 2.75) is 26.8 Å². The number of hydrogen-bond acceptors (Lipinski definition) is 2. The molecule has 2 nitrogen and oxygen atoms in total. The van der Waals surface area contributed by atoms with Crippen LogP contribution in [-0.4, -0.2) is 23.5 Å². The Bertz CT molecular complexity index is 395. The van der Waals surface area contributed by atoms with Gasteiger partial charge < -0.3 is 5.32 Å². The predicted octanol–water partition coefficient (Wildman–Crippen LogP) is 3.01. The van der Waals surface area contributed by atoms with E-state index in [1.165, 1.54) is 12.1 Å². The van der Waals surface area contributed by atoms with Crippen molar-refractivity contribution in [3.05, 3.63) is 35.1 Å². The van der Waals surface area contributed by atoms with Gasteiger partial charge in [-0.3, -0.25) is 4.79 Å². The Balaban J connectivity index is 2.63. The van der Waals surface area contributed by atoms with Gasteiger partial charge in [0.25, 0.3) is 5.91 Å². The van der Waals surface area contributed by atoms with Crippen molar-refractivity contribution in [2.75, 3.05) is 11.5 Å². The van der Waals surface area contributed by atoms with Crippen LogP contribution in [0.25, 0.3) is 0 Å². The zero-order valence-corrected chi connectivity index (χ0v) is 11.2. The molecule has 17 heavy (non-hydrogen) atoms. The summed E-state index contributed by atoms with van der Waals surface area (Å²) in [6.07, 6.45) is 0. The second-order valence-electron chi connectivity index (χ2n) is 4.02. The summed E-state index contributed by atoms with van der Waals surface area (Å²) in [4.78, 5) is 11.8. The van der Waals surface area contributed by atoms with Gasteiger partial charge in [-0.25, -0.2) is 4.39 Å². The van der Waals surface area contributed by atoms with Gasteiger partial charge in [-0.1, -0.05) is 13.0 Å². The molecule has 0 heterocycles. The van der Waals surface area contributed by atoms with E-state index >= 15 is 0 Å². The number of rotatable bonds is 5. The average Bonchev–Trinajstić information content (AvgIpc) is 2.26. The third-order valence-electron chi connectivity index (χ3n) is 2.32. The van der Waals surface area contributed by atoms with Gasteiger partial charge in [0.15, 0.2) is 0 Å². The summed E-state index contributed by atoms with van der Waals surface area (Å²) in [5.41, 5.74) is 0.928. The molecule has 94 valence electrons. The lowest BCUT2D eigenvalue weighted by molar-refractivity contribution is 0.0939. The molecule has 0 spiro atoms. The number of amides is 1. The van der Waals surface area contributed by atoms with E-state index in [1.54, 1.807) is 24.8 Å². The standard InChI is InChI=1S/C13H18FNOS/c1-4-17-8-10(3)15-13(16)11-6-5-9(2)7-12(11)14/h5-7,10H,4,8H2,1-3H3,(H,15,16). The highest BCUT2D eigenvalue weighted by atomic mass is 32.2. The first-order valence-electron chi connectivity index (χ1n) is 5.69. The van der Waals surface area contributed by atoms with E-state index in [0.717, 1.165) is 17.1 Å². The zero-order valence-electron chi connectivity index (χ0n) is 10.4. The molecule has 1 aromatic carbocycles. The molecule has 4 heteroatoms. The highest BCUT2D eigenvalue weighted by molar-refractivity contribution is 7.99. The van der Waals surface area contributed by atoms with Crippen LogP contribution in [0.4, 0.5) is 4.39 Å². The van der Waals surface area contributed by atoms with Gasteiger partial charge in [-0.15, -0.1) is 0 Å². The lowest BCUT2D eigenvalue weighted by Crippen LogP contribution is -2.34. The highest BCUT2D eigenvalue weighted by Gasteiger charge is 2.13. The second-order valence-corrected chi connectivity index (χ2v) is 5.34. The molecule has 0 saturated heterocycles. The summed E-state index contributed by atoms with van der Waals surface area (Å²) in [5, 5.41) is 2.79. The molecule has 1 aromatic rings. The highest BCUT2D eigenvalue weighted by Crippen LogP contribution is 2.10. The molecule has 0 aliphatic heterocycles. The van der Waals surface area contributed by atoms with Gasteiger partial charge in [0.05, 0.1) is 5.56 Å². The van der Waals surface area contributed by atoms with Gasteiger partial charge >= 0.3 is 0 Å². The first-order valence-corrected chi connectivity index (χ1v) is 6.84. The minimum absolute atomic E-state index is 0.0492. The molecule has 1 rings (SSSR count). The van der Waals surface area contributed by atoms with Crippen molar-refractivity contribution in [1.29, 1.82) is 0 Å². The Morgan fingerprint density at radius 2 is 2.24 bits per heavy atom. The molecule has 0 aromatic heterocycles. The number of hydrogen-bond donors (Lipinski definition) is 1. The van der Waals surface area contributed by atoms with Crippen LogP contribution in [0.15, 0.2) is 18.2 Å². The molecule has 0 fully saturated rings. The maximum Gasteiger partial charge on any atom is 0.254 e.